The molecule has 0 aliphatic carbocycles. The molecular weight excluding hydrogens is 290 g/mol. The van der Waals surface area contributed by atoms with Crippen molar-refractivity contribution in [1.29, 1.82) is 0 Å². The lowest BCUT2D eigenvalue weighted by Crippen LogP contribution is -2.31. The summed E-state index contributed by atoms with van der Waals surface area (Å²) in [5.74, 6) is 1.59. The van der Waals surface area contributed by atoms with Crippen LogP contribution < -0.4 is 10.2 Å². The molecule has 1 atom stereocenters. The molecule has 0 amide bonds. The standard InChI is InChI=1S/C14H24ClN5O/c1-2-11(6-9-21)10-16-13-17-12(15)18-14(19-13)20-7-4-3-5-8-20/h11,21H,2-10H2,1H3,(H,16,17,18,19). The molecule has 1 aromatic rings. The predicted molar refractivity (Wildman–Crippen MR) is 84.9 cm³/mol. The molecule has 0 spiro atoms. The summed E-state index contributed by atoms with van der Waals surface area (Å²) in [6, 6.07) is 0. The monoisotopic (exact) mass is 313 g/mol. The van der Waals surface area contributed by atoms with Gasteiger partial charge in [-0.2, -0.15) is 15.0 Å². The van der Waals surface area contributed by atoms with Crippen LogP contribution in [0.15, 0.2) is 0 Å². The minimum absolute atomic E-state index is 0.206. The molecule has 1 aliphatic rings. The highest BCUT2D eigenvalue weighted by Gasteiger charge is 2.16. The van der Waals surface area contributed by atoms with Crippen LogP contribution in [0.2, 0.25) is 5.28 Å². The van der Waals surface area contributed by atoms with E-state index in [1.165, 1.54) is 19.3 Å². The summed E-state index contributed by atoms with van der Waals surface area (Å²) >= 11 is 6.01. The first kappa shape index (κ1) is 16.2. The fourth-order valence-electron chi connectivity index (χ4n) is 2.52. The third kappa shape index (κ3) is 4.97. The number of aliphatic hydroxyl groups excluding tert-OH is 1. The number of hydrogen-bond donors (Lipinski definition) is 2. The van der Waals surface area contributed by atoms with E-state index in [2.05, 4.69) is 32.1 Å². The van der Waals surface area contributed by atoms with Gasteiger partial charge in [-0.15, -0.1) is 0 Å². The number of nitrogens with one attached hydrogen (secondary N) is 1. The van der Waals surface area contributed by atoms with E-state index in [1.54, 1.807) is 0 Å². The largest absolute Gasteiger partial charge is 0.396 e. The van der Waals surface area contributed by atoms with Gasteiger partial charge in [0.25, 0.3) is 0 Å². The average molecular weight is 314 g/mol. The fourth-order valence-corrected chi connectivity index (χ4v) is 2.68. The molecular formula is C14H24ClN5O. The van der Waals surface area contributed by atoms with Gasteiger partial charge in [-0.25, -0.2) is 0 Å². The minimum atomic E-state index is 0.206. The van der Waals surface area contributed by atoms with Gasteiger partial charge in [-0.3, -0.25) is 0 Å². The van der Waals surface area contributed by atoms with Gasteiger partial charge in [0.2, 0.25) is 17.2 Å². The van der Waals surface area contributed by atoms with Crippen LogP contribution >= 0.6 is 11.6 Å². The van der Waals surface area contributed by atoms with Crippen molar-refractivity contribution in [2.45, 2.75) is 39.0 Å². The zero-order chi connectivity index (χ0) is 15.1. The maximum Gasteiger partial charge on any atom is 0.231 e. The molecule has 0 radical (unpaired) electrons. The van der Waals surface area contributed by atoms with Crippen molar-refractivity contribution in [3.8, 4) is 0 Å². The molecule has 1 fully saturated rings. The van der Waals surface area contributed by atoms with Crippen molar-refractivity contribution < 1.29 is 5.11 Å². The van der Waals surface area contributed by atoms with Crippen LogP contribution in [0.1, 0.15) is 39.0 Å². The van der Waals surface area contributed by atoms with E-state index in [1.807, 2.05) is 0 Å². The van der Waals surface area contributed by atoms with Gasteiger partial charge in [-0.1, -0.05) is 13.3 Å². The van der Waals surface area contributed by atoms with Crippen LogP contribution in [0.5, 0.6) is 0 Å². The van der Waals surface area contributed by atoms with Crippen LogP contribution in [0.25, 0.3) is 0 Å². The van der Waals surface area contributed by atoms with Crippen molar-refractivity contribution in [3.63, 3.8) is 0 Å². The second-order valence-corrected chi connectivity index (χ2v) is 5.78. The molecule has 21 heavy (non-hydrogen) atoms. The SMILES string of the molecule is CCC(CCO)CNc1nc(Cl)nc(N2CCCCC2)n1. The zero-order valence-corrected chi connectivity index (χ0v) is 13.3. The normalized spacial score (nSPS) is 16.8. The molecule has 7 heteroatoms. The van der Waals surface area contributed by atoms with E-state index in [0.29, 0.717) is 17.8 Å². The second kappa shape index (κ2) is 8.34. The van der Waals surface area contributed by atoms with Crippen molar-refractivity contribution >= 4 is 23.5 Å². The van der Waals surface area contributed by atoms with E-state index in [9.17, 15) is 0 Å². The summed E-state index contributed by atoms with van der Waals surface area (Å²) in [6.07, 6.45) is 5.38. The Morgan fingerprint density at radius 3 is 2.67 bits per heavy atom. The summed E-state index contributed by atoms with van der Waals surface area (Å²) in [4.78, 5) is 15.0. The fraction of sp³-hybridized carbons (Fsp3) is 0.786. The Labute approximate surface area is 131 Å². The number of halogens is 1. The van der Waals surface area contributed by atoms with Crippen molar-refractivity contribution in [1.82, 2.24) is 15.0 Å². The van der Waals surface area contributed by atoms with Crippen molar-refractivity contribution in [2.75, 3.05) is 36.5 Å². The molecule has 0 aromatic carbocycles. The Balaban J connectivity index is 2.00. The highest BCUT2D eigenvalue weighted by atomic mass is 35.5. The van der Waals surface area contributed by atoms with E-state index < -0.39 is 0 Å². The number of nitrogens with zero attached hydrogens (tertiary/aromatic N) is 4. The van der Waals surface area contributed by atoms with Gasteiger partial charge in [0.15, 0.2) is 0 Å². The molecule has 1 aromatic heterocycles. The molecule has 6 nitrogen and oxygen atoms in total. The Morgan fingerprint density at radius 1 is 1.24 bits per heavy atom. The third-order valence-corrected chi connectivity index (χ3v) is 4.07. The number of anilines is 2. The molecule has 1 unspecified atom stereocenters. The van der Waals surface area contributed by atoms with E-state index in [-0.39, 0.29) is 11.9 Å². The van der Waals surface area contributed by atoms with Gasteiger partial charge in [0.1, 0.15) is 0 Å². The van der Waals surface area contributed by atoms with Crippen molar-refractivity contribution in [2.24, 2.45) is 5.92 Å². The predicted octanol–water partition coefficient (Wildman–Crippen LogP) is 2.34. The van der Waals surface area contributed by atoms with Gasteiger partial charge in [0.05, 0.1) is 0 Å². The van der Waals surface area contributed by atoms with Crippen LogP contribution in [0.3, 0.4) is 0 Å². The number of rotatable bonds is 7. The second-order valence-electron chi connectivity index (χ2n) is 5.44. The van der Waals surface area contributed by atoms with Crippen LogP contribution in [0.4, 0.5) is 11.9 Å². The van der Waals surface area contributed by atoms with E-state index in [0.717, 1.165) is 32.5 Å². The Hall–Kier alpha value is -1.14. The van der Waals surface area contributed by atoms with Gasteiger partial charge < -0.3 is 15.3 Å². The van der Waals surface area contributed by atoms with Crippen LogP contribution in [-0.4, -0.2) is 46.3 Å². The summed E-state index contributed by atoms with van der Waals surface area (Å²) < 4.78 is 0. The van der Waals surface area contributed by atoms with Gasteiger partial charge >= 0.3 is 0 Å². The molecule has 2 N–H and O–H groups in total. The lowest BCUT2D eigenvalue weighted by atomic mass is 10.0. The van der Waals surface area contributed by atoms with Gasteiger partial charge in [0, 0.05) is 26.2 Å². The molecule has 0 bridgehead atoms. The minimum Gasteiger partial charge on any atom is -0.396 e. The number of aliphatic hydroxyl groups is 1. The lowest BCUT2D eigenvalue weighted by molar-refractivity contribution is 0.258. The Kier molecular flexibility index (Phi) is 6.45. The first-order valence-electron chi connectivity index (χ1n) is 7.74. The lowest BCUT2D eigenvalue weighted by Gasteiger charge is -2.26. The molecule has 118 valence electrons. The third-order valence-electron chi connectivity index (χ3n) is 3.90. The first-order chi connectivity index (χ1) is 10.2. The Bertz CT molecular complexity index is 439. The average Bonchev–Trinajstić information content (AvgIpc) is 2.52. The molecule has 2 rings (SSSR count). The topological polar surface area (TPSA) is 74.2 Å². The molecule has 2 heterocycles. The number of piperidine rings is 1. The highest BCUT2D eigenvalue weighted by molar-refractivity contribution is 6.28. The van der Waals surface area contributed by atoms with Crippen molar-refractivity contribution in [3.05, 3.63) is 5.28 Å². The number of hydrogen-bond acceptors (Lipinski definition) is 6. The van der Waals surface area contributed by atoms with Gasteiger partial charge in [-0.05, 0) is 43.2 Å². The molecule has 0 saturated carbocycles. The summed E-state index contributed by atoms with van der Waals surface area (Å²) in [5, 5.41) is 12.5. The maximum atomic E-state index is 9.03. The maximum absolute atomic E-state index is 9.03. The number of aromatic nitrogens is 3. The summed E-state index contributed by atoms with van der Waals surface area (Å²) in [7, 11) is 0. The van der Waals surface area contributed by atoms with E-state index in [4.69, 9.17) is 16.7 Å². The van der Waals surface area contributed by atoms with E-state index >= 15 is 0 Å². The zero-order valence-electron chi connectivity index (χ0n) is 12.6. The van der Waals surface area contributed by atoms with Crippen LogP contribution in [-0.2, 0) is 0 Å². The first-order valence-corrected chi connectivity index (χ1v) is 8.12. The molecule has 1 aliphatic heterocycles. The summed E-state index contributed by atoms with van der Waals surface area (Å²) in [5.41, 5.74) is 0. The molecule has 1 saturated heterocycles. The van der Waals surface area contributed by atoms with Crippen LogP contribution in [0, 0.1) is 5.92 Å². The quantitative estimate of drug-likeness (QED) is 0.805. The highest BCUT2D eigenvalue weighted by Crippen LogP contribution is 2.19. The summed E-state index contributed by atoms with van der Waals surface area (Å²) in [6.45, 7) is 5.00. The smallest absolute Gasteiger partial charge is 0.231 e. The Morgan fingerprint density at radius 2 is 2.00 bits per heavy atom.